The average Bonchev–Trinajstić information content (AvgIpc) is 3.40. The predicted molar refractivity (Wildman–Crippen MR) is 114 cm³/mol. The topological polar surface area (TPSA) is 62.1 Å². The van der Waals surface area contributed by atoms with Crippen LogP contribution in [0.25, 0.3) is 10.9 Å². The monoisotopic (exact) mass is 415 g/mol. The van der Waals surface area contributed by atoms with Gasteiger partial charge in [-0.3, -0.25) is 4.79 Å². The van der Waals surface area contributed by atoms with Crippen LogP contribution in [-0.2, 0) is 19.3 Å². The van der Waals surface area contributed by atoms with E-state index in [4.69, 9.17) is 4.52 Å². The molecule has 2 aliphatic rings. The number of carbonyl (C=O) groups is 1. The van der Waals surface area contributed by atoms with E-state index in [-0.39, 0.29) is 11.7 Å². The van der Waals surface area contributed by atoms with Crippen molar-refractivity contribution in [1.82, 2.24) is 15.0 Å². The number of aryl methyl sites for hydroxylation is 1. The molecule has 4 aromatic rings. The molecule has 1 amide bonds. The number of carbonyl (C=O) groups excluding carboxylic acids is 1. The minimum absolute atomic E-state index is 0.190. The Hall–Kier alpha value is -3.41. The van der Waals surface area contributed by atoms with Crippen LogP contribution in [0.15, 0.2) is 53.1 Å². The summed E-state index contributed by atoms with van der Waals surface area (Å²) in [6, 6.07) is 14.2. The first-order chi connectivity index (χ1) is 15.2. The molecular formula is C25H22FN3O2. The van der Waals surface area contributed by atoms with E-state index in [2.05, 4.69) is 16.2 Å². The van der Waals surface area contributed by atoms with E-state index in [1.807, 2.05) is 24.3 Å². The maximum absolute atomic E-state index is 15.0. The number of aromatic nitrogens is 2. The van der Waals surface area contributed by atoms with Crippen molar-refractivity contribution in [2.75, 3.05) is 6.54 Å². The Balaban J connectivity index is 1.51. The van der Waals surface area contributed by atoms with Gasteiger partial charge in [0, 0.05) is 40.7 Å². The van der Waals surface area contributed by atoms with Gasteiger partial charge in [-0.15, -0.1) is 0 Å². The minimum Gasteiger partial charge on any atom is -0.360 e. The number of aromatic amines is 1. The van der Waals surface area contributed by atoms with Crippen molar-refractivity contribution in [3.05, 3.63) is 88.2 Å². The molecule has 3 heterocycles. The van der Waals surface area contributed by atoms with E-state index >= 15 is 0 Å². The summed E-state index contributed by atoms with van der Waals surface area (Å²) in [7, 11) is 0. The van der Waals surface area contributed by atoms with Crippen LogP contribution < -0.4 is 0 Å². The first-order valence-electron chi connectivity index (χ1n) is 10.8. The number of nitrogens with zero attached hydrogens (tertiary/aromatic N) is 2. The summed E-state index contributed by atoms with van der Waals surface area (Å²) in [6.07, 6.45) is 4.40. The summed E-state index contributed by atoms with van der Waals surface area (Å²) in [6.45, 7) is 0.494. The van der Waals surface area contributed by atoms with Gasteiger partial charge < -0.3 is 14.4 Å². The summed E-state index contributed by atoms with van der Waals surface area (Å²) in [4.78, 5) is 19.0. The van der Waals surface area contributed by atoms with Gasteiger partial charge in [0.25, 0.3) is 5.91 Å². The zero-order valence-electron chi connectivity index (χ0n) is 17.0. The number of rotatable bonds is 2. The number of H-pyrrole nitrogens is 1. The van der Waals surface area contributed by atoms with Crippen LogP contribution in [0.5, 0.6) is 0 Å². The number of para-hydroxylation sites is 1. The van der Waals surface area contributed by atoms with Crippen molar-refractivity contribution in [2.24, 2.45) is 0 Å². The Morgan fingerprint density at radius 2 is 1.84 bits per heavy atom. The number of nitrogens with one attached hydrogen (secondary N) is 1. The average molecular weight is 415 g/mol. The molecule has 2 aromatic heterocycles. The Kier molecular flexibility index (Phi) is 4.19. The van der Waals surface area contributed by atoms with Crippen molar-refractivity contribution in [3.63, 3.8) is 0 Å². The second-order valence-electron chi connectivity index (χ2n) is 8.38. The summed E-state index contributed by atoms with van der Waals surface area (Å²) >= 11 is 0. The van der Waals surface area contributed by atoms with Gasteiger partial charge in [-0.1, -0.05) is 41.6 Å². The molecule has 0 bridgehead atoms. The standard InChI is InChI=1S/C25H22FN3O2/c26-19-10-4-1-8-17(19)24-22-16(15-7-2-5-11-20(15)27-22)13-14-29(24)25(30)23-18-9-3-6-12-21(18)31-28-23/h1-2,4-5,7-8,10-11,24,27H,3,6,9,12-14H2. The Labute approximate surface area is 178 Å². The van der Waals surface area contributed by atoms with E-state index in [9.17, 15) is 9.18 Å². The molecule has 156 valence electrons. The molecule has 0 radical (unpaired) electrons. The fourth-order valence-corrected chi connectivity index (χ4v) is 5.17. The fourth-order valence-electron chi connectivity index (χ4n) is 5.17. The second-order valence-corrected chi connectivity index (χ2v) is 8.38. The molecule has 0 fully saturated rings. The molecule has 0 saturated carbocycles. The SMILES string of the molecule is O=C(c1noc2c1CCCC2)N1CCc2c([nH]c3ccccc23)C1c1ccccc1F. The van der Waals surface area contributed by atoms with E-state index in [1.165, 1.54) is 6.07 Å². The molecule has 31 heavy (non-hydrogen) atoms. The number of fused-ring (bicyclic) bond motifs is 4. The van der Waals surface area contributed by atoms with Crippen molar-refractivity contribution in [1.29, 1.82) is 0 Å². The van der Waals surface area contributed by atoms with Gasteiger partial charge in [-0.05, 0) is 43.4 Å². The lowest BCUT2D eigenvalue weighted by Gasteiger charge is -2.36. The lowest BCUT2D eigenvalue weighted by molar-refractivity contribution is 0.0677. The van der Waals surface area contributed by atoms with Crippen molar-refractivity contribution in [3.8, 4) is 0 Å². The highest BCUT2D eigenvalue weighted by atomic mass is 19.1. The largest absolute Gasteiger partial charge is 0.360 e. The highest BCUT2D eigenvalue weighted by Gasteiger charge is 2.38. The zero-order chi connectivity index (χ0) is 20.9. The lowest BCUT2D eigenvalue weighted by atomic mass is 9.91. The molecule has 6 heteroatoms. The van der Waals surface area contributed by atoms with Gasteiger partial charge in [0.15, 0.2) is 5.69 Å². The summed E-state index contributed by atoms with van der Waals surface area (Å²) in [5.74, 6) is 0.309. The molecule has 0 saturated heterocycles. The summed E-state index contributed by atoms with van der Waals surface area (Å²) in [5.41, 5.74) is 4.82. The Bertz CT molecular complexity index is 1310. The maximum atomic E-state index is 15.0. The van der Waals surface area contributed by atoms with E-state index in [0.717, 1.165) is 59.2 Å². The Morgan fingerprint density at radius 1 is 1.03 bits per heavy atom. The summed E-state index contributed by atoms with van der Waals surface area (Å²) in [5, 5.41) is 5.28. The van der Waals surface area contributed by atoms with Crippen LogP contribution in [0.4, 0.5) is 4.39 Å². The normalized spacial score (nSPS) is 18.1. The van der Waals surface area contributed by atoms with Crippen molar-refractivity contribution >= 4 is 16.8 Å². The highest BCUT2D eigenvalue weighted by Crippen LogP contribution is 2.40. The third-order valence-corrected chi connectivity index (χ3v) is 6.65. The van der Waals surface area contributed by atoms with E-state index in [1.54, 1.807) is 17.0 Å². The van der Waals surface area contributed by atoms with Gasteiger partial charge in [0.05, 0.1) is 0 Å². The molecule has 1 aliphatic heterocycles. The fraction of sp³-hybridized carbons (Fsp3) is 0.280. The lowest BCUT2D eigenvalue weighted by Crippen LogP contribution is -2.41. The molecule has 1 atom stereocenters. The first-order valence-corrected chi connectivity index (χ1v) is 10.8. The molecule has 5 nitrogen and oxygen atoms in total. The van der Waals surface area contributed by atoms with Gasteiger partial charge >= 0.3 is 0 Å². The number of amides is 1. The molecule has 1 N–H and O–H groups in total. The van der Waals surface area contributed by atoms with Crippen LogP contribution in [0.3, 0.4) is 0 Å². The third kappa shape index (κ3) is 2.81. The smallest absolute Gasteiger partial charge is 0.277 e. The molecule has 6 rings (SSSR count). The van der Waals surface area contributed by atoms with Crippen LogP contribution in [0.2, 0.25) is 0 Å². The van der Waals surface area contributed by atoms with Crippen LogP contribution in [-0.4, -0.2) is 27.5 Å². The van der Waals surface area contributed by atoms with E-state index in [0.29, 0.717) is 24.2 Å². The molecule has 0 spiro atoms. The number of hydrogen-bond donors (Lipinski definition) is 1. The third-order valence-electron chi connectivity index (χ3n) is 6.65. The summed E-state index contributed by atoms with van der Waals surface area (Å²) < 4.78 is 20.5. The number of hydrogen-bond acceptors (Lipinski definition) is 3. The number of halogens is 1. The highest BCUT2D eigenvalue weighted by molar-refractivity contribution is 5.95. The predicted octanol–water partition coefficient (Wildman–Crippen LogP) is 4.96. The number of benzene rings is 2. The molecule has 2 aromatic carbocycles. The molecule has 1 aliphatic carbocycles. The van der Waals surface area contributed by atoms with Gasteiger partial charge in [0.1, 0.15) is 17.6 Å². The van der Waals surface area contributed by atoms with Gasteiger partial charge in [-0.25, -0.2) is 4.39 Å². The van der Waals surface area contributed by atoms with Gasteiger partial charge in [0.2, 0.25) is 0 Å². The quantitative estimate of drug-likeness (QED) is 0.503. The molecule has 1 unspecified atom stereocenters. The van der Waals surface area contributed by atoms with Gasteiger partial charge in [-0.2, -0.15) is 0 Å². The van der Waals surface area contributed by atoms with Crippen LogP contribution in [0.1, 0.15) is 57.5 Å². The molecular weight excluding hydrogens is 393 g/mol. The van der Waals surface area contributed by atoms with E-state index < -0.39 is 6.04 Å². The maximum Gasteiger partial charge on any atom is 0.277 e. The van der Waals surface area contributed by atoms with Crippen molar-refractivity contribution < 1.29 is 13.7 Å². The minimum atomic E-state index is -0.541. The Morgan fingerprint density at radius 3 is 2.74 bits per heavy atom. The second kappa shape index (κ2) is 7.08. The first kappa shape index (κ1) is 18.4. The van der Waals surface area contributed by atoms with Crippen LogP contribution in [0, 0.1) is 5.82 Å². The van der Waals surface area contributed by atoms with Crippen LogP contribution >= 0.6 is 0 Å². The zero-order valence-corrected chi connectivity index (χ0v) is 17.0. The van der Waals surface area contributed by atoms with Crippen molar-refractivity contribution in [2.45, 2.75) is 38.1 Å².